The lowest BCUT2D eigenvalue weighted by Crippen LogP contribution is -2.20. The highest BCUT2D eigenvalue weighted by Crippen LogP contribution is 2.46. The zero-order valence-electron chi connectivity index (χ0n) is 10.2. The second kappa shape index (κ2) is 6.47. The van der Waals surface area contributed by atoms with E-state index in [0.29, 0.717) is 0 Å². The Balaban J connectivity index is 3.37. The van der Waals surface area contributed by atoms with Gasteiger partial charge in [-0.15, -0.1) is 13.2 Å². The van der Waals surface area contributed by atoms with E-state index in [0.717, 1.165) is 25.1 Å². The van der Waals surface area contributed by atoms with Crippen LogP contribution in [0.5, 0.6) is 5.75 Å². The van der Waals surface area contributed by atoms with Crippen LogP contribution in [-0.2, 0) is 4.79 Å². The van der Waals surface area contributed by atoms with Crippen LogP contribution in [0, 0.1) is 0 Å². The Kier molecular flexibility index (Phi) is 5.59. The number of para-hydroxylation sites is 1. The van der Waals surface area contributed by atoms with Crippen molar-refractivity contribution in [1.82, 2.24) is 0 Å². The van der Waals surface area contributed by atoms with Crippen LogP contribution in [0.25, 0.3) is 0 Å². The Morgan fingerprint density at radius 1 is 1.24 bits per heavy atom. The minimum atomic E-state index is -5.18. The molecular formula is C11H7BrF6O2S. The highest BCUT2D eigenvalue weighted by Gasteiger charge is 2.37. The van der Waals surface area contributed by atoms with Crippen LogP contribution in [0.2, 0.25) is 0 Å². The molecule has 21 heavy (non-hydrogen) atoms. The van der Waals surface area contributed by atoms with Gasteiger partial charge in [0.25, 0.3) is 0 Å². The van der Waals surface area contributed by atoms with Crippen LogP contribution in [0.15, 0.2) is 23.1 Å². The summed E-state index contributed by atoms with van der Waals surface area (Å²) in [4.78, 5) is 9.27. The third kappa shape index (κ3) is 5.77. The Labute approximate surface area is 128 Å². The molecule has 0 N–H and O–H groups in total. The van der Waals surface area contributed by atoms with E-state index in [9.17, 15) is 31.1 Å². The first-order chi connectivity index (χ1) is 9.41. The van der Waals surface area contributed by atoms with Crippen molar-refractivity contribution < 1.29 is 35.9 Å². The van der Waals surface area contributed by atoms with Gasteiger partial charge in [-0.25, -0.2) is 0 Å². The molecule has 0 saturated carbocycles. The maximum absolute atomic E-state index is 12.4. The van der Waals surface area contributed by atoms with Crippen LogP contribution < -0.4 is 4.74 Å². The topological polar surface area (TPSA) is 26.3 Å². The minimum absolute atomic E-state index is 0.325. The summed E-state index contributed by atoms with van der Waals surface area (Å²) in [7, 11) is 0. The van der Waals surface area contributed by atoms with Gasteiger partial charge in [-0.3, -0.25) is 4.79 Å². The molecule has 1 rings (SSSR count). The first kappa shape index (κ1) is 18.1. The second-order valence-corrected chi connectivity index (χ2v) is 5.77. The van der Waals surface area contributed by atoms with E-state index in [4.69, 9.17) is 0 Å². The number of hydrogen-bond acceptors (Lipinski definition) is 3. The maximum Gasteiger partial charge on any atom is 0.573 e. The summed E-state index contributed by atoms with van der Waals surface area (Å²) in [6.45, 7) is 1.08. The lowest BCUT2D eigenvalue weighted by atomic mass is 10.1. The zero-order valence-corrected chi connectivity index (χ0v) is 12.6. The van der Waals surface area contributed by atoms with E-state index >= 15 is 0 Å². The van der Waals surface area contributed by atoms with Crippen molar-refractivity contribution in [2.45, 2.75) is 28.5 Å². The zero-order chi connectivity index (χ0) is 16.4. The number of ketones is 1. The van der Waals surface area contributed by atoms with Gasteiger partial charge in [-0.2, -0.15) is 13.2 Å². The third-order valence-corrected chi connectivity index (χ3v) is 3.99. The summed E-state index contributed by atoms with van der Waals surface area (Å²) < 4.78 is 78.0. The Hall–Kier alpha value is -0.900. The van der Waals surface area contributed by atoms with Crippen LogP contribution in [0.3, 0.4) is 0 Å². The summed E-state index contributed by atoms with van der Waals surface area (Å²) in [5, 5.41) is 0. The van der Waals surface area contributed by atoms with E-state index in [1.807, 2.05) is 0 Å². The number of rotatable bonds is 4. The van der Waals surface area contributed by atoms with Crippen LogP contribution in [0.1, 0.15) is 17.3 Å². The number of benzene rings is 1. The fraction of sp³-hybridized carbons (Fsp3) is 0.364. The van der Waals surface area contributed by atoms with Gasteiger partial charge in [0.1, 0.15) is 16.4 Å². The summed E-state index contributed by atoms with van der Waals surface area (Å²) in [6, 6.07) is 3.04. The molecule has 0 fully saturated rings. The number of hydrogen-bond donors (Lipinski definition) is 0. The highest BCUT2D eigenvalue weighted by molar-refractivity contribution is 9.09. The summed E-state index contributed by atoms with van der Waals surface area (Å²) in [5.41, 5.74) is -5.12. The van der Waals surface area contributed by atoms with Crippen molar-refractivity contribution in [3.8, 4) is 5.75 Å². The monoisotopic (exact) mass is 396 g/mol. The molecule has 0 aliphatic carbocycles. The summed E-state index contributed by atoms with van der Waals surface area (Å²) in [5.74, 6) is -1.61. The Bertz CT molecular complexity index is 528. The molecule has 1 aromatic rings. The van der Waals surface area contributed by atoms with Gasteiger partial charge in [0.15, 0.2) is 0 Å². The first-order valence-electron chi connectivity index (χ1n) is 5.19. The molecule has 0 spiro atoms. The molecule has 0 amide bonds. The molecule has 1 aromatic carbocycles. The van der Waals surface area contributed by atoms with Crippen molar-refractivity contribution in [3.63, 3.8) is 0 Å². The van der Waals surface area contributed by atoms with Gasteiger partial charge >= 0.3 is 11.9 Å². The molecule has 0 aliphatic rings. The van der Waals surface area contributed by atoms with E-state index < -0.39 is 44.9 Å². The number of halogens is 7. The van der Waals surface area contributed by atoms with Gasteiger partial charge in [0, 0.05) is 5.56 Å². The number of thioether (sulfide) groups is 1. The summed E-state index contributed by atoms with van der Waals surface area (Å²) in [6.07, 6.45) is -5.18. The lowest BCUT2D eigenvalue weighted by Gasteiger charge is -2.19. The van der Waals surface area contributed by atoms with Crippen molar-refractivity contribution in [2.75, 3.05) is 0 Å². The van der Waals surface area contributed by atoms with Crippen molar-refractivity contribution >= 4 is 33.5 Å². The van der Waals surface area contributed by atoms with E-state index in [2.05, 4.69) is 20.7 Å². The molecule has 1 unspecified atom stereocenters. The Morgan fingerprint density at radius 3 is 2.24 bits per heavy atom. The van der Waals surface area contributed by atoms with Crippen molar-refractivity contribution in [3.05, 3.63) is 23.8 Å². The quantitative estimate of drug-likeness (QED) is 0.396. The fourth-order valence-corrected chi connectivity index (χ4v) is 2.39. The molecule has 0 radical (unpaired) electrons. The van der Waals surface area contributed by atoms with E-state index in [1.54, 1.807) is 0 Å². The van der Waals surface area contributed by atoms with Crippen molar-refractivity contribution in [1.29, 1.82) is 0 Å². The van der Waals surface area contributed by atoms with Crippen LogP contribution >= 0.6 is 27.7 Å². The molecule has 118 valence electrons. The second-order valence-electron chi connectivity index (χ2n) is 3.74. The van der Waals surface area contributed by atoms with E-state index in [-0.39, 0.29) is 5.56 Å². The maximum atomic E-state index is 12.4. The number of ether oxygens (including phenoxy) is 1. The fourth-order valence-electron chi connectivity index (χ4n) is 1.38. The van der Waals surface area contributed by atoms with Crippen LogP contribution in [0.4, 0.5) is 26.3 Å². The predicted molar refractivity (Wildman–Crippen MR) is 67.4 cm³/mol. The highest BCUT2D eigenvalue weighted by atomic mass is 79.9. The molecule has 0 bridgehead atoms. The number of Topliss-reactive ketones (excluding diaryl/α,β-unsaturated/α-hetero) is 1. The molecule has 1 atom stereocenters. The SMILES string of the molecule is CC(=O)C(Br)c1cccc(SC(F)(F)F)c1OC(F)(F)F. The number of carbonyl (C=O) groups excluding carboxylic acids is 1. The molecule has 10 heteroatoms. The third-order valence-electron chi connectivity index (χ3n) is 2.08. The molecule has 2 nitrogen and oxygen atoms in total. The molecule has 0 saturated heterocycles. The lowest BCUT2D eigenvalue weighted by molar-refractivity contribution is -0.275. The standard InChI is InChI=1S/C11H7BrF6O2S/c1-5(19)8(12)6-3-2-4-7(21-11(16,17)18)9(6)20-10(13,14)15/h2-4,8H,1H3. The van der Waals surface area contributed by atoms with Gasteiger partial charge in [-0.1, -0.05) is 28.1 Å². The number of alkyl halides is 7. The molecule has 0 heterocycles. The van der Waals surface area contributed by atoms with Gasteiger partial charge in [0.05, 0.1) is 4.90 Å². The predicted octanol–water partition coefficient (Wildman–Crippen LogP) is 5.22. The molecular weight excluding hydrogens is 390 g/mol. The molecule has 0 aromatic heterocycles. The largest absolute Gasteiger partial charge is 0.573 e. The Morgan fingerprint density at radius 2 is 1.81 bits per heavy atom. The van der Waals surface area contributed by atoms with Gasteiger partial charge in [0.2, 0.25) is 0 Å². The van der Waals surface area contributed by atoms with E-state index in [1.165, 1.54) is 0 Å². The first-order valence-corrected chi connectivity index (χ1v) is 6.93. The average Bonchev–Trinajstić information content (AvgIpc) is 2.26. The minimum Gasteiger partial charge on any atom is -0.404 e. The average molecular weight is 397 g/mol. The number of carbonyl (C=O) groups is 1. The summed E-state index contributed by atoms with van der Waals surface area (Å²) >= 11 is 2.09. The van der Waals surface area contributed by atoms with Gasteiger partial charge < -0.3 is 4.74 Å². The smallest absolute Gasteiger partial charge is 0.404 e. The van der Waals surface area contributed by atoms with Crippen molar-refractivity contribution in [2.24, 2.45) is 0 Å². The van der Waals surface area contributed by atoms with Crippen LogP contribution in [-0.4, -0.2) is 17.7 Å². The van der Waals surface area contributed by atoms with Gasteiger partial charge in [-0.05, 0) is 24.8 Å². The normalized spacial score (nSPS) is 13.9. The molecule has 0 aliphatic heterocycles.